The highest BCUT2D eigenvalue weighted by Crippen LogP contribution is 2.38. The summed E-state index contributed by atoms with van der Waals surface area (Å²) < 4.78 is 6.00. The number of aliphatic hydroxyl groups excluding tert-OH is 1. The molecule has 1 heterocycles. The average Bonchev–Trinajstić information content (AvgIpc) is 2.72. The fourth-order valence-corrected chi connectivity index (χ4v) is 4.03. The van der Waals surface area contributed by atoms with Gasteiger partial charge < -0.3 is 9.84 Å². The Hall–Kier alpha value is -2.39. The Balaban J connectivity index is 1.47. The molecular formula is C24H27NO2. The highest BCUT2D eigenvalue weighted by atomic mass is 16.5. The van der Waals surface area contributed by atoms with Crippen molar-refractivity contribution in [3.63, 3.8) is 0 Å². The molecule has 0 fully saturated rings. The molecule has 0 radical (unpaired) electrons. The Bertz CT molecular complexity index is 921. The van der Waals surface area contributed by atoms with E-state index in [9.17, 15) is 5.11 Å². The molecular weight excluding hydrogens is 334 g/mol. The number of benzene rings is 2. The standard InChI is InChI=1S/C24H27NO2/c1-2-3-6-19-10-9-17-12-14-21(15-22(17)24(19)26)27-16-20-13-11-18-7-4-5-8-23(18)25-20/h4-5,7-8,11-15,19,24,26H,2-3,6,9-10,16H2,1H3. The predicted molar refractivity (Wildman–Crippen MR) is 109 cm³/mol. The normalized spacial score (nSPS) is 19.0. The van der Waals surface area contributed by atoms with Crippen molar-refractivity contribution in [1.29, 1.82) is 0 Å². The lowest BCUT2D eigenvalue weighted by Gasteiger charge is -2.30. The van der Waals surface area contributed by atoms with Crippen molar-refractivity contribution in [2.75, 3.05) is 0 Å². The number of unbranched alkanes of at least 4 members (excludes halogenated alkanes) is 1. The predicted octanol–water partition coefficient (Wildman–Crippen LogP) is 5.60. The van der Waals surface area contributed by atoms with E-state index >= 15 is 0 Å². The van der Waals surface area contributed by atoms with Gasteiger partial charge in [-0.15, -0.1) is 0 Å². The summed E-state index contributed by atoms with van der Waals surface area (Å²) in [5.41, 5.74) is 4.20. The van der Waals surface area contributed by atoms with Crippen molar-refractivity contribution in [3.05, 3.63) is 71.4 Å². The van der Waals surface area contributed by atoms with Crippen LogP contribution in [0.2, 0.25) is 0 Å². The summed E-state index contributed by atoms with van der Waals surface area (Å²) >= 11 is 0. The fourth-order valence-electron chi connectivity index (χ4n) is 4.03. The Morgan fingerprint density at radius 3 is 2.89 bits per heavy atom. The van der Waals surface area contributed by atoms with Crippen LogP contribution < -0.4 is 4.74 Å². The van der Waals surface area contributed by atoms with Gasteiger partial charge in [-0.3, -0.25) is 0 Å². The first-order valence-electron chi connectivity index (χ1n) is 10.0. The number of hydrogen-bond donors (Lipinski definition) is 1. The molecule has 140 valence electrons. The van der Waals surface area contributed by atoms with Gasteiger partial charge in [0.2, 0.25) is 0 Å². The number of fused-ring (bicyclic) bond motifs is 2. The van der Waals surface area contributed by atoms with E-state index < -0.39 is 0 Å². The highest BCUT2D eigenvalue weighted by molar-refractivity contribution is 5.78. The minimum atomic E-state index is -0.373. The zero-order valence-electron chi connectivity index (χ0n) is 15.9. The number of aromatic nitrogens is 1. The molecule has 1 N–H and O–H groups in total. The van der Waals surface area contributed by atoms with Crippen LogP contribution in [0.15, 0.2) is 54.6 Å². The lowest BCUT2D eigenvalue weighted by Crippen LogP contribution is -2.20. The maximum absolute atomic E-state index is 10.8. The average molecular weight is 361 g/mol. The lowest BCUT2D eigenvalue weighted by molar-refractivity contribution is 0.0868. The Kier molecular flexibility index (Phi) is 5.40. The van der Waals surface area contributed by atoms with Gasteiger partial charge in [0.25, 0.3) is 0 Å². The molecule has 4 rings (SSSR count). The van der Waals surface area contributed by atoms with Crippen LogP contribution in [-0.2, 0) is 13.0 Å². The van der Waals surface area contributed by atoms with Crippen LogP contribution in [0.4, 0.5) is 0 Å². The van der Waals surface area contributed by atoms with E-state index in [-0.39, 0.29) is 6.10 Å². The quantitative estimate of drug-likeness (QED) is 0.621. The third kappa shape index (κ3) is 3.98. The molecule has 0 spiro atoms. The van der Waals surface area contributed by atoms with Crippen LogP contribution >= 0.6 is 0 Å². The number of para-hydroxylation sites is 1. The van der Waals surface area contributed by atoms with Gasteiger partial charge in [0.1, 0.15) is 12.4 Å². The highest BCUT2D eigenvalue weighted by Gasteiger charge is 2.27. The van der Waals surface area contributed by atoms with Crippen LogP contribution in [0.3, 0.4) is 0 Å². The molecule has 27 heavy (non-hydrogen) atoms. The molecule has 3 heteroatoms. The molecule has 1 aliphatic rings. The Morgan fingerprint density at radius 2 is 2.00 bits per heavy atom. The summed E-state index contributed by atoms with van der Waals surface area (Å²) in [6.07, 6.45) is 5.22. The molecule has 0 saturated heterocycles. The van der Waals surface area contributed by atoms with Crippen molar-refractivity contribution < 1.29 is 9.84 Å². The molecule has 0 saturated carbocycles. The van der Waals surface area contributed by atoms with Crippen molar-refractivity contribution in [1.82, 2.24) is 4.98 Å². The van der Waals surface area contributed by atoms with E-state index in [1.165, 1.54) is 18.4 Å². The zero-order chi connectivity index (χ0) is 18.6. The summed E-state index contributed by atoms with van der Waals surface area (Å²) in [6.45, 7) is 2.63. The summed E-state index contributed by atoms with van der Waals surface area (Å²) in [4.78, 5) is 4.66. The lowest BCUT2D eigenvalue weighted by atomic mass is 9.79. The van der Waals surface area contributed by atoms with E-state index in [4.69, 9.17) is 4.74 Å². The zero-order valence-corrected chi connectivity index (χ0v) is 15.9. The third-order valence-corrected chi connectivity index (χ3v) is 5.64. The second-order valence-electron chi connectivity index (χ2n) is 7.53. The van der Waals surface area contributed by atoms with E-state index in [1.54, 1.807) is 0 Å². The maximum atomic E-state index is 10.8. The second-order valence-corrected chi connectivity index (χ2v) is 7.53. The van der Waals surface area contributed by atoms with Crippen molar-refractivity contribution in [3.8, 4) is 5.75 Å². The molecule has 2 unspecified atom stereocenters. The summed E-state index contributed by atoms with van der Waals surface area (Å²) in [5.74, 6) is 1.17. The van der Waals surface area contributed by atoms with Crippen LogP contribution in [0, 0.1) is 5.92 Å². The number of pyridine rings is 1. The SMILES string of the molecule is CCCCC1CCc2ccc(OCc3ccc4ccccc4n3)cc2C1O. The molecule has 0 bridgehead atoms. The van der Waals surface area contributed by atoms with Crippen LogP contribution in [0.25, 0.3) is 10.9 Å². The monoisotopic (exact) mass is 361 g/mol. The molecule has 1 aromatic heterocycles. The second kappa shape index (κ2) is 8.10. The number of hydrogen-bond acceptors (Lipinski definition) is 3. The molecule has 3 nitrogen and oxygen atoms in total. The summed E-state index contributed by atoms with van der Waals surface area (Å²) in [5, 5.41) is 11.9. The van der Waals surface area contributed by atoms with Crippen molar-refractivity contribution >= 4 is 10.9 Å². The molecule has 3 aromatic rings. The van der Waals surface area contributed by atoms with E-state index in [0.717, 1.165) is 47.2 Å². The van der Waals surface area contributed by atoms with E-state index in [2.05, 4.69) is 30.1 Å². The largest absolute Gasteiger partial charge is 0.487 e. The topological polar surface area (TPSA) is 42.4 Å². The third-order valence-electron chi connectivity index (χ3n) is 5.64. The van der Waals surface area contributed by atoms with Gasteiger partial charge >= 0.3 is 0 Å². The van der Waals surface area contributed by atoms with Gasteiger partial charge in [-0.25, -0.2) is 4.98 Å². The molecule has 0 amide bonds. The minimum Gasteiger partial charge on any atom is -0.487 e. The smallest absolute Gasteiger partial charge is 0.130 e. The van der Waals surface area contributed by atoms with Crippen molar-refractivity contribution in [2.45, 2.75) is 51.7 Å². The minimum absolute atomic E-state index is 0.370. The van der Waals surface area contributed by atoms with Gasteiger partial charge in [-0.05, 0) is 60.6 Å². The van der Waals surface area contributed by atoms with Gasteiger partial charge in [-0.2, -0.15) is 0 Å². The number of aliphatic hydroxyl groups is 1. The molecule has 0 aliphatic heterocycles. The maximum Gasteiger partial charge on any atom is 0.130 e. The van der Waals surface area contributed by atoms with E-state index in [1.807, 2.05) is 36.4 Å². The van der Waals surface area contributed by atoms with Crippen LogP contribution in [0.5, 0.6) is 5.75 Å². The number of ether oxygens (including phenoxy) is 1. The Morgan fingerprint density at radius 1 is 1.11 bits per heavy atom. The van der Waals surface area contributed by atoms with Gasteiger partial charge in [-0.1, -0.05) is 50.1 Å². The van der Waals surface area contributed by atoms with Crippen LogP contribution in [-0.4, -0.2) is 10.1 Å². The van der Waals surface area contributed by atoms with Crippen molar-refractivity contribution in [2.24, 2.45) is 5.92 Å². The summed E-state index contributed by atoms with van der Waals surface area (Å²) in [6, 6.07) is 18.3. The van der Waals surface area contributed by atoms with Gasteiger partial charge in [0.15, 0.2) is 0 Å². The fraction of sp³-hybridized carbons (Fsp3) is 0.375. The number of nitrogens with zero attached hydrogens (tertiary/aromatic N) is 1. The number of aryl methyl sites for hydroxylation is 1. The molecule has 2 aromatic carbocycles. The van der Waals surface area contributed by atoms with Gasteiger partial charge in [0.05, 0.1) is 17.3 Å². The Labute approximate surface area is 161 Å². The first kappa shape index (κ1) is 18.0. The molecule has 2 atom stereocenters. The number of rotatable bonds is 6. The molecule has 1 aliphatic carbocycles. The van der Waals surface area contributed by atoms with Crippen LogP contribution in [0.1, 0.15) is 55.5 Å². The first-order valence-corrected chi connectivity index (χ1v) is 10.0. The van der Waals surface area contributed by atoms with E-state index in [0.29, 0.717) is 12.5 Å². The van der Waals surface area contributed by atoms with Gasteiger partial charge in [0, 0.05) is 5.39 Å². The summed E-state index contributed by atoms with van der Waals surface area (Å²) in [7, 11) is 0. The first-order chi connectivity index (χ1) is 13.2.